The standard InChI is InChI=1S/C23H46N2O/c1-2-3-4-5-6-7-8-9-10-11-12-13-14-15-16-17-18-19-20-21-22-25-23(24)26/h10-11H,2-9,12-22H2,1H3,(H3,24,25,26)/b11-10+. The number of amides is 2. The molecule has 3 nitrogen and oxygen atoms in total. The zero-order chi connectivity index (χ0) is 19.1. The first-order valence-corrected chi connectivity index (χ1v) is 11.5. The zero-order valence-electron chi connectivity index (χ0n) is 17.6. The normalized spacial score (nSPS) is 11.3. The van der Waals surface area contributed by atoms with Gasteiger partial charge in [-0.15, -0.1) is 0 Å². The summed E-state index contributed by atoms with van der Waals surface area (Å²) in [5, 5.41) is 2.64. The van der Waals surface area contributed by atoms with E-state index in [1.807, 2.05) is 0 Å². The highest BCUT2D eigenvalue weighted by molar-refractivity contribution is 5.71. The van der Waals surface area contributed by atoms with Crippen molar-refractivity contribution in [3.8, 4) is 0 Å². The molecular formula is C23H46N2O. The molecule has 0 aromatic rings. The summed E-state index contributed by atoms with van der Waals surface area (Å²) >= 11 is 0. The first-order chi connectivity index (χ1) is 12.8. The molecule has 0 spiro atoms. The fourth-order valence-electron chi connectivity index (χ4n) is 3.29. The Morgan fingerprint density at radius 3 is 1.46 bits per heavy atom. The lowest BCUT2D eigenvalue weighted by Crippen LogP contribution is -2.29. The minimum atomic E-state index is -0.405. The van der Waals surface area contributed by atoms with Gasteiger partial charge in [0.05, 0.1) is 0 Å². The molecule has 0 rings (SSSR count). The molecule has 3 heteroatoms. The van der Waals surface area contributed by atoms with Crippen molar-refractivity contribution >= 4 is 6.03 Å². The van der Waals surface area contributed by atoms with Crippen LogP contribution in [0.15, 0.2) is 12.2 Å². The van der Waals surface area contributed by atoms with Crippen molar-refractivity contribution in [3.05, 3.63) is 12.2 Å². The molecule has 0 aromatic carbocycles. The second kappa shape index (κ2) is 22.1. The minimum absolute atomic E-state index is 0.405. The maximum Gasteiger partial charge on any atom is 0.312 e. The fraction of sp³-hybridized carbons (Fsp3) is 0.870. The molecule has 0 aromatic heterocycles. The first-order valence-electron chi connectivity index (χ1n) is 11.5. The van der Waals surface area contributed by atoms with E-state index in [0.717, 1.165) is 13.0 Å². The van der Waals surface area contributed by atoms with E-state index in [2.05, 4.69) is 24.4 Å². The lowest BCUT2D eigenvalue weighted by molar-refractivity contribution is 0.248. The Bertz CT molecular complexity index is 315. The summed E-state index contributed by atoms with van der Waals surface area (Å²) in [6.45, 7) is 3.00. The van der Waals surface area contributed by atoms with Gasteiger partial charge in [-0.2, -0.15) is 0 Å². The van der Waals surface area contributed by atoms with Crippen LogP contribution in [-0.2, 0) is 0 Å². The number of hydrogen-bond donors (Lipinski definition) is 2. The van der Waals surface area contributed by atoms with Crippen LogP contribution in [0.5, 0.6) is 0 Å². The van der Waals surface area contributed by atoms with E-state index in [1.54, 1.807) is 0 Å². The van der Waals surface area contributed by atoms with Crippen LogP contribution in [0, 0.1) is 0 Å². The number of allylic oxidation sites excluding steroid dienone is 2. The molecule has 0 unspecified atom stereocenters. The second-order valence-electron chi connectivity index (χ2n) is 7.64. The molecule has 0 aliphatic carbocycles. The Hall–Kier alpha value is -0.990. The number of nitrogens with two attached hydrogens (primary N) is 1. The molecule has 0 fully saturated rings. The second-order valence-corrected chi connectivity index (χ2v) is 7.64. The van der Waals surface area contributed by atoms with Gasteiger partial charge < -0.3 is 11.1 Å². The third-order valence-electron chi connectivity index (χ3n) is 4.99. The van der Waals surface area contributed by atoms with E-state index < -0.39 is 6.03 Å². The summed E-state index contributed by atoms with van der Waals surface area (Å²) in [6, 6.07) is -0.405. The Labute approximate surface area is 163 Å². The molecule has 0 radical (unpaired) electrons. The van der Waals surface area contributed by atoms with E-state index >= 15 is 0 Å². The van der Waals surface area contributed by atoms with Crippen molar-refractivity contribution in [1.29, 1.82) is 0 Å². The molecule has 154 valence electrons. The Balaban J connectivity index is 3.07. The van der Waals surface area contributed by atoms with Crippen LogP contribution in [0.25, 0.3) is 0 Å². The van der Waals surface area contributed by atoms with E-state index in [4.69, 9.17) is 5.73 Å². The molecule has 0 aliphatic heterocycles. The van der Waals surface area contributed by atoms with Crippen LogP contribution in [0.3, 0.4) is 0 Å². The Kier molecular flexibility index (Phi) is 21.2. The number of nitrogens with one attached hydrogen (secondary N) is 1. The van der Waals surface area contributed by atoms with Crippen LogP contribution in [-0.4, -0.2) is 12.6 Å². The van der Waals surface area contributed by atoms with Gasteiger partial charge in [0.25, 0.3) is 0 Å². The summed E-state index contributed by atoms with van der Waals surface area (Å²) < 4.78 is 0. The highest BCUT2D eigenvalue weighted by atomic mass is 16.2. The highest BCUT2D eigenvalue weighted by Crippen LogP contribution is 2.11. The number of primary amides is 1. The smallest absolute Gasteiger partial charge is 0.312 e. The third kappa shape index (κ3) is 23.0. The van der Waals surface area contributed by atoms with Gasteiger partial charge in [-0.05, 0) is 32.1 Å². The van der Waals surface area contributed by atoms with Crippen molar-refractivity contribution in [2.45, 2.75) is 122 Å². The van der Waals surface area contributed by atoms with Crippen LogP contribution >= 0.6 is 0 Å². The van der Waals surface area contributed by atoms with E-state index in [9.17, 15) is 4.79 Å². The van der Waals surface area contributed by atoms with E-state index in [-0.39, 0.29) is 0 Å². The molecule has 0 aliphatic rings. The van der Waals surface area contributed by atoms with Crippen molar-refractivity contribution in [3.63, 3.8) is 0 Å². The van der Waals surface area contributed by atoms with Crippen LogP contribution < -0.4 is 11.1 Å². The summed E-state index contributed by atoms with van der Waals surface area (Å²) in [7, 11) is 0. The molecule has 0 bridgehead atoms. The monoisotopic (exact) mass is 366 g/mol. The molecule has 0 saturated heterocycles. The zero-order valence-corrected chi connectivity index (χ0v) is 17.6. The maximum atomic E-state index is 10.5. The predicted octanol–water partition coefficient (Wildman–Crippen LogP) is 7.25. The van der Waals surface area contributed by atoms with Crippen molar-refractivity contribution in [1.82, 2.24) is 5.32 Å². The average molecular weight is 367 g/mol. The van der Waals surface area contributed by atoms with Gasteiger partial charge >= 0.3 is 6.03 Å². The minimum Gasteiger partial charge on any atom is -0.352 e. The van der Waals surface area contributed by atoms with Gasteiger partial charge in [0.15, 0.2) is 0 Å². The van der Waals surface area contributed by atoms with Gasteiger partial charge in [-0.25, -0.2) is 4.79 Å². The SMILES string of the molecule is CCCCCCCCC/C=C/CCCCCCCCCCCNC(N)=O. The number of unbranched alkanes of at least 4 members (excludes halogenated alkanes) is 16. The molecular weight excluding hydrogens is 320 g/mol. The summed E-state index contributed by atoms with van der Waals surface area (Å²) in [5.41, 5.74) is 5.02. The Morgan fingerprint density at radius 1 is 0.654 bits per heavy atom. The van der Waals surface area contributed by atoms with Crippen LogP contribution in [0.2, 0.25) is 0 Å². The topological polar surface area (TPSA) is 55.1 Å². The maximum absolute atomic E-state index is 10.5. The lowest BCUT2D eigenvalue weighted by atomic mass is 10.1. The van der Waals surface area contributed by atoms with E-state index in [0.29, 0.717) is 0 Å². The van der Waals surface area contributed by atoms with Crippen molar-refractivity contribution in [2.24, 2.45) is 5.73 Å². The number of hydrogen-bond acceptors (Lipinski definition) is 1. The van der Waals surface area contributed by atoms with Crippen molar-refractivity contribution in [2.75, 3.05) is 6.54 Å². The molecule has 0 heterocycles. The predicted molar refractivity (Wildman–Crippen MR) is 116 cm³/mol. The summed E-state index contributed by atoms with van der Waals surface area (Å²) in [5.74, 6) is 0. The summed E-state index contributed by atoms with van der Waals surface area (Å²) in [4.78, 5) is 10.5. The quantitative estimate of drug-likeness (QED) is 0.173. The van der Waals surface area contributed by atoms with E-state index in [1.165, 1.54) is 109 Å². The number of rotatable bonds is 20. The lowest BCUT2D eigenvalue weighted by Gasteiger charge is -2.03. The largest absolute Gasteiger partial charge is 0.352 e. The Morgan fingerprint density at radius 2 is 1.04 bits per heavy atom. The van der Waals surface area contributed by atoms with Gasteiger partial charge in [-0.3, -0.25) is 0 Å². The van der Waals surface area contributed by atoms with Crippen LogP contribution in [0.4, 0.5) is 4.79 Å². The van der Waals surface area contributed by atoms with Gasteiger partial charge in [0.2, 0.25) is 0 Å². The number of urea groups is 1. The number of carbonyl (C=O) groups excluding carboxylic acids is 1. The summed E-state index contributed by atoms with van der Waals surface area (Å²) in [6.07, 6.45) is 28.9. The van der Waals surface area contributed by atoms with Crippen LogP contribution in [0.1, 0.15) is 122 Å². The van der Waals surface area contributed by atoms with Gasteiger partial charge in [0, 0.05) is 6.54 Å². The molecule has 3 N–H and O–H groups in total. The van der Waals surface area contributed by atoms with Gasteiger partial charge in [0.1, 0.15) is 0 Å². The van der Waals surface area contributed by atoms with Crippen molar-refractivity contribution < 1.29 is 4.79 Å². The first kappa shape index (κ1) is 25.0. The fourth-order valence-corrected chi connectivity index (χ4v) is 3.29. The van der Waals surface area contributed by atoms with Gasteiger partial charge in [-0.1, -0.05) is 103 Å². The molecule has 0 saturated carbocycles. The molecule has 0 atom stereocenters. The number of carbonyl (C=O) groups is 1. The highest BCUT2D eigenvalue weighted by Gasteiger charge is 1.94. The molecule has 2 amide bonds. The molecule has 26 heavy (non-hydrogen) atoms. The average Bonchev–Trinajstić information content (AvgIpc) is 2.62. The third-order valence-corrected chi connectivity index (χ3v) is 4.99.